The van der Waals surface area contributed by atoms with Crippen LogP contribution in [0, 0.1) is 3.57 Å². The lowest BCUT2D eigenvalue weighted by Crippen LogP contribution is -2.24. The van der Waals surface area contributed by atoms with Crippen LogP contribution in [0.5, 0.6) is 0 Å². The van der Waals surface area contributed by atoms with E-state index in [2.05, 4.69) is 50.5 Å². The molecule has 1 N–H and O–H groups in total. The summed E-state index contributed by atoms with van der Waals surface area (Å²) in [7, 11) is 0. The number of rotatable bonds is 7. The first kappa shape index (κ1) is 16.5. The van der Waals surface area contributed by atoms with E-state index in [1.165, 1.54) is 23.7 Å². The van der Waals surface area contributed by atoms with Gasteiger partial charge in [-0.1, -0.05) is 47.0 Å². The van der Waals surface area contributed by atoms with Crippen LogP contribution in [0.15, 0.2) is 18.2 Å². The van der Waals surface area contributed by atoms with Crippen molar-refractivity contribution in [3.8, 4) is 0 Å². The zero-order valence-electron chi connectivity index (χ0n) is 10.0. The maximum Gasteiger partial charge on any atom is 0.251 e. The predicted octanol–water partition coefficient (Wildman–Crippen LogP) is 4.67. The zero-order chi connectivity index (χ0) is 13.4. The van der Waals surface area contributed by atoms with Gasteiger partial charge in [0.05, 0.1) is 5.02 Å². The van der Waals surface area contributed by atoms with Gasteiger partial charge in [-0.25, -0.2) is 0 Å². The second-order valence-corrected chi connectivity index (χ2v) is 6.64. The largest absolute Gasteiger partial charge is 0.352 e. The van der Waals surface area contributed by atoms with Crippen molar-refractivity contribution in [1.29, 1.82) is 0 Å². The third-order valence-corrected chi connectivity index (χ3v) is 4.86. The molecule has 0 aromatic heterocycles. The van der Waals surface area contributed by atoms with Crippen LogP contribution in [0.1, 0.15) is 36.0 Å². The van der Waals surface area contributed by atoms with Gasteiger partial charge >= 0.3 is 0 Å². The molecule has 0 spiro atoms. The number of nitrogens with one attached hydrogen (secondary N) is 1. The standard InChI is InChI=1S/C13H16ClI2NO/c14-11-9-10(5-6-12(11)16)13(18)17-8-4-2-1-3-7-15/h5-6,9H,1-4,7-8H2,(H,17,18). The molecule has 1 aromatic carbocycles. The van der Waals surface area contributed by atoms with Gasteiger partial charge in [-0.2, -0.15) is 0 Å². The van der Waals surface area contributed by atoms with Crippen LogP contribution in [0.25, 0.3) is 0 Å². The second kappa shape index (κ2) is 9.36. The summed E-state index contributed by atoms with van der Waals surface area (Å²) in [6, 6.07) is 5.38. The summed E-state index contributed by atoms with van der Waals surface area (Å²) in [6.07, 6.45) is 4.73. The predicted molar refractivity (Wildman–Crippen MR) is 93.9 cm³/mol. The van der Waals surface area contributed by atoms with E-state index in [9.17, 15) is 4.79 Å². The average molecular weight is 492 g/mol. The van der Waals surface area contributed by atoms with E-state index in [0.717, 1.165) is 16.5 Å². The fourth-order valence-electron chi connectivity index (χ4n) is 1.51. The van der Waals surface area contributed by atoms with E-state index in [-0.39, 0.29) is 5.91 Å². The van der Waals surface area contributed by atoms with E-state index < -0.39 is 0 Å². The highest BCUT2D eigenvalue weighted by atomic mass is 127. The SMILES string of the molecule is O=C(NCCCCCCI)c1ccc(I)c(Cl)c1. The fourth-order valence-corrected chi connectivity index (χ4v) is 2.57. The van der Waals surface area contributed by atoms with Crippen molar-refractivity contribution in [2.24, 2.45) is 0 Å². The Morgan fingerprint density at radius 2 is 1.94 bits per heavy atom. The average Bonchev–Trinajstić information content (AvgIpc) is 2.36. The maximum atomic E-state index is 11.8. The molecule has 0 aliphatic rings. The zero-order valence-corrected chi connectivity index (χ0v) is 15.1. The lowest BCUT2D eigenvalue weighted by atomic mass is 10.2. The number of amides is 1. The van der Waals surface area contributed by atoms with E-state index in [0.29, 0.717) is 10.6 Å². The fraction of sp³-hybridized carbons (Fsp3) is 0.462. The molecule has 0 aliphatic heterocycles. The molecule has 0 heterocycles. The molecule has 0 fully saturated rings. The van der Waals surface area contributed by atoms with Crippen molar-refractivity contribution in [2.75, 3.05) is 11.0 Å². The highest BCUT2D eigenvalue weighted by Gasteiger charge is 2.06. The van der Waals surface area contributed by atoms with E-state index in [1.807, 2.05) is 6.07 Å². The van der Waals surface area contributed by atoms with Crippen LogP contribution in [0.4, 0.5) is 0 Å². The molecular formula is C13H16ClI2NO. The van der Waals surface area contributed by atoms with Crippen LogP contribution in [-0.4, -0.2) is 16.9 Å². The number of hydrogen-bond donors (Lipinski definition) is 1. The van der Waals surface area contributed by atoms with Gasteiger partial charge in [-0.3, -0.25) is 4.79 Å². The highest BCUT2D eigenvalue weighted by molar-refractivity contribution is 14.1. The molecule has 1 amide bonds. The maximum absolute atomic E-state index is 11.8. The Morgan fingerprint density at radius 3 is 2.61 bits per heavy atom. The highest BCUT2D eigenvalue weighted by Crippen LogP contribution is 2.19. The molecule has 100 valence electrons. The Labute approximate surface area is 141 Å². The van der Waals surface area contributed by atoms with Crippen molar-refractivity contribution in [3.63, 3.8) is 0 Å². The summed E-state index contributed by atoms with van der Waals surface area (Å²) in [5.41, 5.74) is 0.632. The van der Waals surface area contributed by atoms with Crippen molar-refractivity contribution < 1.29 is 4.79 Å². The summed E-state index contributed by atoms with van der Waals surface area (Å²) >= 11 is 10.5. The molecule has 5 heteroatoms. The topological polar surface area (TPSA) is 29.1 Å². The van der Waals surface area contributed by atoms with Gasteiger partial charge in [0.2, 0.25) is 0 Å². The molecule has 0 aliphatic carbocycles. The summed E-state index contributed by atoms with van der Waals surface area (Å²) in [4.78, 5) is 11.8. The lowest BCUT2D eigenvalue weighted by molar-refractivity contribution is 0.0953. The van der Waals surface area contributed by atoms with Crippen molar-refractivity contribution in [2.45, 2.75) is 25.7 Å². The monoisotopic (exact) mass is 491 g/mol. The first-order valence-corrected chi connectivity index (χ1v) is 8.92. The Bertz CT molecular complexity index is 399. The van der Waals surface area contributed by atoms with Crippen LogP contribution in [0.2, 0.25) is 5.02 Å². The minimum Gasteiger partial charge on any atom is -0.352 e. The van der Waals surface area contributed by atoms with Crippen LogP contribution in [-0.2, 0) is 0 Å². The number of hydrogen-bond acceptors (Lipinski definition) is 1. The second-order valence-electron chi connectivity index (χ2n) is 3.99. The van der Waals surface area contributed by atoms with Gasteiger partial charge in [-0.15, -0.1) is 0 Å². The van der Waals surface area contributed by atoms with Crippen molar-refractivity contribution in [1.82, 2.24) is 5.32 Å². The van der Waals surface area contributed by atoms with Crippen molar-refractivity contribution in [3.05, 3.63) is 32.4 Å². The first-order chi connectivity index (χ1) is 8.65. The molecule has 0 radical (unpaired) electrons. The third kappa shape index (κ3) is 6.06. The Hall–Kier alpha value is 0.440. The molecule has 1 rings (SSSR count). The number of unbranched alkanes of at least 4 members (excludes halogenated alkanes) is 3. The van der Waals surface area contributed by atoms with Crippen LogP contribution >= 0.6 is 56.8 Å². The van der Waals surface area contributed by atoms with Gasteiger partial charge in [0.25, 0.3) is 5.91 Å². The molecule has 0 saturated heterocycles. The smallest absolute Gasteiger partial charge is 0.251 e. The summed E-state index contributed by atoms with van der Waals surface area (Å²) in [6.45, 7) is 0.740. The quantitative estimate of drug-likeness (QED) is 0.335. The van der Waals surface area contributed by atoms with E-state index in [4.69, 9.17) is 11.6 Å². The minimum absolute atomic E-state index is 0.0396. The Balaban J connectivity index is 2.30. The van der Waals surface area contributed by atoms with Crippen molar-refractivity contribution >= 4 is 62.7 Å². The molecular weight excluding hydrogens is 475 g/mol. The third-order valence-electron chi connectivity index (χ3n) is 2.53. The Morgan fingerprint density at radius 1 is 1.22 bits per heavy atom. The number of benzene rings is 1. The number of carbonyl (C=O) groups excluding carboxylic acids is 1. The number of halogens is 3. The molecule has 18 heavy (non-hydrogen) atoms. The Kier molecular flexibility index (Phi) is 8.58. The molecule has 1 aromatic rings. The van der Waals surface area contributed by atoms with Gasteiger partial charge in [-0.05, 0) is 58.1 Å². The first-order valence-electron chi connectivity index (χ1n) is 5.94. The molecule has 2 nitrogen and oxygen atoms in total. The van der Waals surface area contributed by atoms with Crippen LogP contribution < -0.4 is 5.32 Å². The molecule has 0 unspecified atom stereocenters. The van der Waals surface area contributed by atoms with Crippen LogP contribution in [0.3, 0.4) is 0 Å². The number of alkyl halides is 1. The minimum atomic E-state index is -0.0396. The van der Waals surface area contributed by atoms with E-state index in [1.54, 1.807) is 12.1 Å². The number of carbonyl (C=O) groups is 1. The summed E-state index contributed by atoms with van der Waals surface area (Å²) in [5, 5.41) is 3.55. The molecule has 0 atom stereocenters. The normalized spacial score (nSPS) is 10.4. The molecule has 0 bridgehead atoms. The van der Waals surface area contributed by atoms with E-state index >= 15 is 0 Å². The summed E-state index contributed by atoms with van der Waals surface area (Å²) in [5.74, 6) is -0.0396. The molecule has 0 saturated carbocycles. The summed E-state index contributed by atoms with van der Waals surface area (Å²) < 4.78 is 2.18. The van der Waals surface area contributed by atoms with Gasteiger partial charge in [0.1, 0.15) is 0 Å². The van der Waals surface area contributed by atoms with Gasteiger partial charge < -0.3 is 5.32 Å². The van der Waals surface area contributed by atoms with Gasteiger partial charge in [0.15, 0.2) is 0 Å². The van der Waals surface area contributed by atoms with Gasteiger partial charge in [0, 0.05) is 15.7 Å². The lowest BCUT2D eigenvalue weighted by Gasteiger charge is -2.06.